The molecule has 0 fully saturated rings. The molecule has 6 heteroatoms. The molecule has 0 aliphatic rings. The molecule has 0 atom stereocenters. The Morgan fingerprint density at radius 2 is 2.11 bits per heavy atom. The first-order chi connectivity index (χ1) is 9.15. The van der Waals surface area contributed by atoms with Gasteiger partial charge in [-0.05, 0) is 44.3 Å². The molecule has 0 unspecified atom stereocenters. The van der Waals surface area contributed by atoms with Crippen LogP contribution in [0, 0.1) is 0 Å². The van der Waals surface area contributed by atoms with E-state index >= 15 is 0 Å². The maximum Gasteiger partial charge on any atom is 0.264 e. The zero-order valence-electron chi connectivity index (χ0n) is 11.1. The maximum absolute atomic E-state index is 11.8. The van der Waals surface area contributed by atoms with E-state index in [1.54, 1.807) is 16.8 Å². The first kappa shape index (κ1) is 16.9. The Balaban J connectivity index is 2.21. The third-order valence-electron chi connectivity index (χ3n) is 2.60. The molecule has 1 aromatic rings. The quantitative estimate of drug-likeness (QED) is 0.653. The van der Waals surface area contributed by atoms with Crippen molar-refractivity contribution in [3.05, 3.63) is 31.6 Å². The SMILES string of the molecule is CCCCOCCNCCn1cc(Br)cc(Br)c1=O. The van der Waals surface area contributed by atoms with Gasteiger partial charge >= 0.3 is 0 Å². The van der Waals surface area contributed by atoms with Crippen molar-refractivity contribution in [2.45, 2.75) is 26.3 Å². The lowest BCUT2D eigenvalue weighted by Crippen LogP contribution is -2.29. The summed E-state index contributed by atoms with van der Waals surface area (Å²) in [6.07, 6.45) is 4.07. The highest BCUT2D eigenvalue weighted by Gasteiger charge is 2.02. The van der Waals surface area contributed by atoms with Crippen LogP contribution in [-0.2, 0) is 11.3 Å². The molecule has 1 rings (SSSR count). The van der Waals surface area contributed by atoms with Gasteiger partial charge in [0.1, 0.15) is 0 Å². The highest BCUT2D eigenvalue weighted by molar-refractivity contribution is 9.11. The number of nitrogens with zero attached hydrogens (tertiary/aromatic N) is 1. The van der Waals surface area contributed by atoms with Gasteiger partial charge in [0, 0.05) is 36.9 Å². The van der Waals surface area contributed by atoms with Crippen molar-refractivity contribution in [2.24, 2.45) is 0 Å². The van der Waals surface area contributed by atoms with Gasteiger partial charge < -0.3 is 14.6 Å². The molecule has 0 saturated heterocycles. The van der Waals surface area contributed by atoms with E-state index in [0.29, 0.717) is 11.0 Å². The molecule has 1 aromatic heterocycles. The number of hydrogen-bond donors (Lipinski definition) is 1. The van der Waals surface area contributed by atoms with Gasteiger partial charge in [-0.25, -0.2) is 0 Å². The van der Waals surface area contributed by atoms with Crippen LogP contribution < -0.4 is 10.9 Å². The third kappa shape index (κ3) is 6.70. The van der Waals surface area contributed by atoms with Crippen LogP contribution in [0.2, 0.25) is 0 Å². The Kier molecular flexibility index (Phi) is 8.61. The van der Waals surface area contributed by atoms with Crippen LogP contribution in [0.4, 0.5) is 0 Å². The number of pyridine rings is 1. The average molecular weight is 396 g/mol. The fraction of sp³-hybridized carbons (Fsp3) is 0.615. The number of ether oxygens (including phenoxy) is 1. The summed E-state index contributed by atoms with van der Waals surface area (Å²) < 4.78 is 8.59. The van der Waals surface area contributed by atoms with E-state index in [9.17, 15) is 4.79 Å². The molecule has 0 amide bonds. The molecule has 4 nitrogen and oxygen atoms in total. The van der Waals surface area contributed by atoms with E-state index in [2.05, 4.69) is 44.1 Å². The largest absolute Gasteiger partial charge is 0.380 e. The standard InChI is InChI=1S/C13H20Br2N2O2/c1-2-3-7-19-8-5-16-4-6-17-10-11(14)9-12(15)13(17)18/h9-10,16H,2-8H2,1H3. The van der Waals surface area contributed by atoms with Gasteiger partial charge in [0.2, 0.25) is 0 Å². The Labute approximate surface area is 130 Å². The van der Waals surface area contributed by atoms with Crippen molar-refractivity contribution >= 4 is 31.9 Å². The Bertz CT molecular complexity index is 435. The van der Waals surface area contributed by atoms with Crippen LogP contribution >= 0.6 is 31.9 Å². The van der Waals surface area contributed by atoms with Crippen LogP contribution in [0.15, 0.2) is 26.0 Å². The summed E-state index contributed by atoms with van der Waals surface area (Å²) in [5.74, 6) is 0. The van der Waals surface area contributed by atoms with Gasteiger partial charge in [-0.15, -0.1) is 0 Å². The molecular weight excluding hydrogens is 376 g/mol. The number of unbranched alkanes of at least 4 members (excludes halogenated alkanes) is 1. The molecule has 0 spiro atoms. The number of aromatic nitrogens is 1. The van der Waals surface area contributed by atoms with E-state index in [1.165, 1.54) is 0 Å². The molecule has 1 N–H and O–H groups in total. The minimum absolute atomic E-state index is 0.0100. The van der Waals surface area contributed by atoms with Gasteiger partial charge in [-0.1, -0.05) is 13.3 Å². The van der Waals surface area contributed by atoms with Crippen molar-refractivity contribution in [2.75, 3.05) is 26.3 Å². The van der Waals surface area contributed by atoms with Crippen molar-refractivity contribution in [1.82, 2.24) is 9.88 Å². The van der Waals surface area contributed by atoms with E-state index in [4.69, 9.17) is 4.74 Å². The van der Waals surface area contributed by atoms with Gasteiger partial charge in [0.15, 0.2) is 0 Å². The molecule has 0 aliphatic carbocycles. The lowest BCUT2D eigenvalue weighted by Gasteiger charge is -2.09. The number of rotatable bonds is 9. The van der Waals surface area contributed by atoms with E-state index in [0.717, 1.165) is 43.6 Å². The first-order valence-electron chi connectivity index (χ1n) is 6.49. The van der Waals surface area contributed by atoms with Gasteiger partial charge in [-0.2, -0.15) is 0 Å². The topological polar surface area (TPSA) is 43.3 Å². The van der Waals surface area contributed by atoms with Crippen molar-refractivity contribution in [3.63, 3.8) is 0 Å². The Morgan fingerprint density at radius 1 is 1.32 bits per heavy atom. The second-order valence-corrected chi connectivity index (χ2v) is 5.99. The minimum atomic E-state index is -0.0100. The van der Waals surface area contributed by atoms with Crippen LogP contribution in [-0.4, -0.2) is 30.9 Å². The Hall–Kier alpha value is -0.170. The number of hydrogen-bond acceptors (Lipinski definition) is 3. The summed E-state index contributed by atoms with van der Waals surface area (Å²) in [5, 5.41) is 3.26. The van der Waals surface area contributed by atoms with Crippen LogP contribution in [0.3, 0.4) is 0 Å². The predicted molar refractivity (Wildman–Crippen MR) is 84.7 cm³/mol. The van der Waals surface area contributed by atoms with Crippen molar-refractivity contribution in [3.8, 4) is 0 Å². The summed E-state index contributed by atoms with van der Waals surface area (Å²) in [6.45, 7) is 5.90. The molecule has 1 heterocycles. The number of halogens is 2. The van der Waals surface area contributed by atoms with Crippen molar-refractivity contribution < 1.29 is 4.74 Å². The fourth-order valence-corrected chi connectivity index (χ4v) is 2.81. The second kappa shape index (κ2) is 9.69. The van der Waals surface area contributed by atoms with Crippen LogP contribution in [0.5, 0.6) is 0 Å². The molecular formula is C13H20Br2N2O2. The van der Waals surface area contributed by atoms with Crippen LogP contribution in [0.1, 0.15) is 19.8 Å². The third-order valence-corrected chi connectivity index (χ3v) is 3.61. The lowest BCUT2D eigenvalue weighted by molar-refractivity contribution is 0.133. The lowest BCUT2D eigenvalue weighted by atomic mass is 10.4. The minimum Gasteiger partial charge on any atom is -0.380 e. The summed E-state index contributed by atoms with van der Waals surface area (Å²) in [4.78, 5) is 11.8. The smallest absolute Gasteiger partial charge is 0.264 e. The van der Waals surface area contributed by atoms with Gasteiger partial charge in [-0.3, -0.25) is 4.79 Å². The molecule has 0 saturated carbocycles. The molecule has 108 valence electrons. The summed E-state index contributed by atoms with van der Waals surface area (Å²) in [7, 11) is 0. The highest BCUT2D eigenvalue weighted by Crippen LogP contribution is 2.12. The normalized spacial score (nSPS) is 10.9. The monoisotopic (exact) mass is 394 g/mol. The molecule has 0 radical (unpaired) electrons. The van der Waals surface area contributed by atoms with E-state index in [1.807, 2.05) is 0 Å². The first-order valence-corrected chi connectivity index (χ1v) is 8.07. The zero-order chi connectivity index (χ0) is 14.1. The van der Waals surface area contributed by atoms with Crippen molar-refractivity contribution in [1.29, 1.82) is 0 Å². The Morgan fingerprint density at radius 3 is 2.84 bits per heavy atom. The maximum atomic E-state index is 11.8. The summed E-state index contributed by atoms with van der Waals surface area (Å²) >= 11 is 6.63. The van der Waals surface area contributed by atoms with Crippen LogP contribution in [0.25, 0.3) is 0 Å². The zero-order valence-corrected chi connectivity index (χ0v) is 14.3. The fourth-order valence-electron chi connectivity index (χ4n) is 1.55. The average Bonchev–Trinajstić information content (AvgIpc) is 2.38. The van der Waals surface area contributed by atoms with E-state index in [-0.39, 0.29) is 5.56 Å². The van der Waals surface area contributed by atoms with Gasteiger partial charge in [0.25, 0.3) is 5.56 Å². The molecule has 19 heavy (non-hydrogen) atoms. The second-order valence-electron chi connectivity index (χ2n) is 4.22. The molecule has 0 aromatic carbocycles. The molecule has 0 aliphatic heterocycles. The molecule has 0 bridgehead atoms. The summed E-state index contributed by atoms with van der Waals surface area (Å²) in [6, 6.07) is 1.76. The van der Waals surface area contributed by atoms with Gasteiger partial charge in [0.05, 0.1) is 11.1 Å². The number of nitrogens with one attached hydrogen (secondary N) is 1. The highest BCUT2D eigenvalue weighted by atomic mass is 79.9. The summed E-state index contributed by atoms with van der Waals surface area (Å²) in [5.41, 5.74) is -0.0100. The van der Waals surface area contributed by atoms with E-state index < -0.39 is 0 Å². The predicted octanol–water partition coefficient (Wildman–Crippen LogP) is 2.78.